The molecular formula is C18H23ClN2O. The summed E-state index contributed by atoms with van der Waals surface area (Å²) in [6.07, 6.45) is 1.05. The van der Waals surface area contributed by atoms with Crippen LogP contribution in [0.15, 0.2) is 48.5 Å². The van der Waals surface area contributed by atoms with Crippen molar-refractivity contribution in [3.8, 4) is 5.75 Å². The van der Waals surface area contributed by atoms with Gasteiger partial charge in [0.15, 0.2) is 0 Å². The number of benzene rings is 2. The van der Waals surface area contributed by atoms with Crippen LogP contribution in [0.25, 0.3) is 0 Å². The lowest BCUT2D eigenvalue weighted by molar-refractivity contribution is 0.414. The minimum absolute atomic E-state index is 0. The predicted octanol–water partition coefficient (Wildman–Crippen LogP) is 3.27. The summed E-state index contributed by atoms with van der Waals surface area (Å²) in [6, 6.07) is 17.1. The van der Waals surface area contributed by atoms with Crippen molar-refractivity contribution in [2.75, 3.05) is 31.6 Å². The highest BCUT2D eigenvalue weighted by atomic mass is 35.5. The Hall–Kier alpha value is -1.71. The van der Waals surface area contributed by atoms with E-state index in [-0.39, 0.29) is 12.4 Å². The number of para-hydroxylation sites is 1. The van der Waals surface area contributed by atoms with Gasteiger partial charge in [-0.3, -0.25) is 0 Å². The second kappa shape index (κ2) is 8.06. The van der Waals surface area contributed by atoms with Crippen molar-refractivity contribution in [3.63, 3.8) is 0 Å². The number of halogens is 1. The molecule has 0 spiro atoms. The highest BCUT2D eigenvalue weighted by Crippen LogP contribution is 2.22. The number of hydrogen-bond acceptors (Lipinski definition) is 3. The van der Waals surface area contributed by atoms with Crippen LogP contribution in [0.4, 0.5) is 5.69 Å². The quantitative estimate of drug-likeness (QED) is 0.936. The minimum Gasteiger partial charge on any atom is -0.497 e. The molecule has 0 amide bonds. The SMILES string of the molecule is COc1ccc(CCN2CCNCc3ccccc32)cc1.Cl. The van der Waals surface area contributed by atoms with Gasteiger partial charge in [0, 0.05) is 31.9 Å². The van der Waals surface area contributed by atoms with Crippen molar-refractivity contribution in [2.45, 2.75) is 13.0 Å². The summed E-state index contributed by atoms with van der Waals surface area (Å²) < 4.78 is 5.21. The molecule has 0 saturated heterocycles. The van der Waals surface area contributed by atoms with Crippen LogP contribution in [0.2, 0.25) is 0 Å². The molecule has 0 bridgehead atoms. The molecule has 0 radical (unpaired) electrons. The van der Waals surface area contributed by atoms with Gasteiger partial charge in [0.05, 0.1) is 7.11 Å². The van der Waals surface area contributed by atoms with E-state index >= 15 is 0 Å². The molecule has 0 aromatic heterocycles. The molecule has 0 unspecified atom stereocenters. The molecule has 1 aliphatic heterocycles. The molecule has 4 heteroatoms. The highest BCUT2D eigenvalue weighted by Gasteiger charge is 2.13. The van der Waals surface area contributed by atoms with Crippen LogP contribution >= 0.6 is 12.4 Å². The minimum atomic E-state index is 0. The molecule has 1 aliphatic rings. The Balaban J connectivity index is 0.00000176. The monoisotopic (exact) mass is 318 g/mol. The molecule has 118 valence electrons. The lowest BCUT2D eigenvalue weighted by atomic mass is 10.1. The maximum Gasteiger partial charge on any atom is 0.118 e. The Bertz CT molecular complexity index is 586. The first-order chi connectivity index (χ1) is 10.4. The number of methoxy groups -OCH3 is 1. The first-order valence-electron chi connectivity index (χ1n) is 7.53. The van der Waals surface area contributed by atoms with E-state index in [0.29, 0.717) is 0 Å². The first-order valence-corrected chi connectivity index (χ1v) is 7.53. The van der Waals surface area contributed by atoms with E-state index in [1.165, 1.54) is 16.8 Å². The first kappa shape index (κ1) is 16.7. The number of nitrogens with zero attached hydrogens (tertiary/aromatic N) is 1. The molecule has 0 fully saturated rings. The van der Waals surface area contributed by atoms with E-state index < -0.39 is 0 Å². The molecule has 3 rings (SSSR count). The molecule has 2 aromatic rings. The van der Waals surface area contributed by atoms with Crippen LogP contribution in [0.5, 0.6) is 5.75 Å². The molecular weight excluding hydrogens is 296 g/mol. The van der Waals surface area contributed by atoms with Crippen LogP contribution in [0.3, 0.4) is 0 Å². The van der Waals surface area contributed by atoms with Gasteiger partial charge < -0.3 is 15.0 Å². The number of fused-ring (bicyclic) bond motifs is 1. The van der Waals surface area contributed by atoms with Crippen LogP contribution in [0.1, 0.15) is 11.1 Å². The number of nitrogens with one attached hydrogen (secondary N) is 1. The zero-order valence-corrected chi connectivity index (χ0v) is 13.7. The summed E-state index contributed by atoms with van der Waals surface area (Å²) in [6.45, 7) is 4.12. The molecule has 1 heterocycles. The molecule has 22 heavy (non-hydrogen) atoms. The molecule has 0 atom stereocenters. The predicted molar refractivity (Wildman–Crippen MR) is 94.3 cm³/mol. The molecule has 1 N–H and O–H groups in total. The fourth-order valence-electron chi connectivity index (χ4n) is 2.81. The van der Waals surface area contributed by atoms with Gasteiger partial charge in [-0.05, 0) is 35.7 Å². The van der Waals surface area contributed by atoms with Gasteiger partial charge in [0.1, 0.15) is 5.75 Å². The van der Waals surface area contributed by atoms with Crippen molar-refractivity contribution >= 4 is 18.1 Å². The average molecular weight is 319 g/mol. The molecule has 3 nitrogen and oxygen atoms in total. The molecule has 0 aliphatic carbocycles. The summed E-state index contributed by atoms with van der Waals surface area (Å²) in [5.74, 6) is 0.920. The maximum atomic E-state index is 5.21. The van der Waals surface area contributed by atoms with E-state index in [1.807, 2.05) is 12.1 Å². The Morgan fingerprint density at radius 1 is 1.09 bits per heavy atom. The fraction of sp³-hybridized carbons (Fsp3) is 0.333. The highest BCUT2D eigenvalue weighted by molar-refractivity contribution is 5.85. The summed E-state index contributed by atoms with van der Waals surface area (Å²) >= 11 is 0. The maximum absolute atomic E-state index is 5.21. The Morgan fingerprint density at radius 2 is 1.86 bits per heavy atom. The number of hydrogen-bond donors (Lipinski definition) is 1. The third-order valence-corrected chi connectivity index (χ3v) is 4.04. The van der Waals surface area contributed by atoms with Gasteiger partial charge in [-0.15, -0.1) is 12.4 Å². The van der Waals surface area contributed by atoms with E-state index in [0.717, 1.165) is 38.3 Å². The van der Waals surface area contributed by atoms with E-state index in [9.17, 15) is 0 Å². The smallest absolute Gasteiger partial charge is 0.118 e. The van der Waals surface area contributed by atoms with Gasteiger partial charge in [0.2, 0.25) is 0 Å². The molecule has 2 aromatic carbocycles. The summed E-state index contributed by atoms with van der Waals surface area (Å²) in [5.41, 5.74) is 4.12. The van der Waals surface area contributed by atoms with E-state index in [2.05, 4.69) is 46.6 Å². The van der Waals surface area contributed by atoms with Gasteiger partial charge in [0.25, 0.3) is 0 Å². The second-order valence-electron chi connectivity index (χ2n) is 5.39. The van der Waals surface area contributed by atoms with Crippen molar-refractivity contribution < 1.29 is 4.74 Å². The third-order valence-electron chi connectivity index (χ3n) is 4.04. The van der Waals surface area contributed by atoms with Crippen molar-refractivity contribution in [1.29, 1.82) is 0 Å². The van der Waals surface area contributed by atoms with E-state index in [4.69, 9.17) is 4.74 Å². The second-order valence-corrected chi connectivity index (χ2v) is 5.39. The number of rotatable bonds is 4. The Labute approximate surface area is 138 Å². The number of ether oxygens (including phenoxy) is 1. The Morgan fingerprint density at radius 3 is 2.64 bits per heavy atom. The van der Waals surface area contributed by atoms with Crippen molar-refractivity contribution in [1.82, 2.24) is 5.32 Å². The van der Waals surface area contributed by atoms with Crippen LogP contribution in [-0.2, 0) is 13.0 Å². The van der Waals surface area contributed by atoms with E-state index in [1.54, 1.807) is 7.11 Å². The van der Waals surface area contributed by atoms with Crippen LogP contribution in [0, 0.1) is 0 Å². The van der Waals surface area contributed by atoms with Gasteiger partial charge in [-0.25, -0.2) is 0 Å². The van der Waals surface area contributed by atoms with Crippen LogP contribution in [-0.4, -0.2) is 26.7 Å². The standard InChI is InChI=1S/C18H22N2O.ClH/c1-21-17-8-6-15(7-9-17)10-12-20-13-11-19-14-16-4-2-3-5-18(16)20;/h2-9,19H,10-14H2,1H3;1H. The van der Waals surface area contributed by atoms with Crippen molar-refractivity contribution in [2.24, 2.45) is 0 Å². The van der Waals surface area contributed by atoms with Gasteiger partial charge >= 0.3 is 0 Å². The number of anilines is 1. The normalized spacial score (nSPS) is 13.8. The molecule has 0 saturated carbocycles. The topological polar surface area (TPSA) is 24.5 Å². The summed E-state index contributed by atoms with van der Waals surface area (Å²) in [5, 5.41) is 3.49. The van der Waals surface area contributed by atoms with Crippen LogP contribution < -0.4 is 15.0 Å². The largest absolute Gasteiger partial charge is 0.497 e. The Kier molecular flexibility index (Phi) is 6.10. The van der Waals surface area contributed by atoms with Gasteiger partial charge in [-0.2, -0.15) is 0 Å². The average Bonchev–Trinajstić information content (AvgIpc) is 2.76. The summed E-state index contributed by atoms with van der Waals surface area (Å²) in [4.78, 5) is 2.49. The fourth-order valence-corrected chi connectivity index (χ4v) is 2.81. The van der Waals surface area contributed by atoms with Crippen molar-refractivity contribution in [3.05, 3.63) is 59.7 Å². The van der Waals surface area contributed by atoms with Gasteiger partial charge in [-0.1, -0.05) is 30.3 Å². The zero-order chi connectivity index (χ0) is 14.5. The lowest BCUT2D eigenvalue weighted by Crippen LogP contribution is -2.30. The summed E-state index contributed by atoms with van der Waals surface area (Å²) in [7, 11) is 1.70. The lowest BCUT2D eigenvalue weighted by Gasteiger charge is -2.24. The zero-order valence-electron chi connectivity index (χ0n) is 12.9. The third kappa shape index (κ3) is 3.93.